The first-order valence-electron chi connectivity index (χ1n) is 12.3. The minimum Gasteiger partial charge on any atom is -0.474 e. The zero-order chi connectivity index (χ0) is 27.4. The van der Waals surface area contributed by atoms with Crippen LogP contribution < -0.4 is 15.0 Å². The Morgan fingerprint density at radius 2 is 1.95 bits per heavy atom. The fourth-order valence-corrected chi connectivity index (χ4v) is 5.37. The van der Waals surface area contributed by atoms with Crippen LogP contribution in [0.4, 0.5) is 26.4 Å². The second-order valence-corrected chi connectivity index (χ2v) is 9.93. The van der Waals surface area contributed by atoms with E-state index in [-0.39, 0.29) is 41.2 Å². The minimum absolute atomic E-state index is 0.0286. The number of hydrogen-bond acceptors (Lipinski definition) is 6. The molecule has 0 saturated carbocycles. The van der Waals surface area contributed by atoms with E-state index in [1.807, 2.05) is 12.1 Å². The summed E-state index contributed by atoms with van der Waals surface area (Å²) in [6.45, 7) is 2.71. The van der Waals surface area contributed by atoms with Gasteiger partial charge < -0.3 is 20.1 Å². The van der Waals surface area contributed by atoms with Crippen molar-refractivity contribution < 1.29 is 23.8 Å². The summed E-state index contributed by atoms with van der Waals surface area (Å²) in [6.07, 6.45) is 2.60. The van der Waals surface area contributed by atoms with Gasteiger partial charge in [0.15, 0.2) is 0 Å². The van der Waals surface area contributed by atoms with E-state index < -0.39 is 11.9 Å². The predicted octanol–water partition coefficient (Wildman–Crippen LogP) is 5.65. The van der Waals surface area contributed by atoms with Gasteiger partial charge in [-0.1, -0.05) is 17.7 Å². The van der Waals surface area contributed by atoms with Crippen LogP contribution in [0.5, 0.6) is 5.88 Å². The summed E-state index contributed by atoms with van der Waals surface area (Å²) < 4.78 is 21.1. The van der Waals surface area contributed by atoms with Crippen molar-refractivity contribution >= 4 is 51.6 Å². The van der Waals surface area contributed by atoms with E-state index in [0.717, 1.165) is 16.9 Å². The van der Waals surface area contributed by atoms with Crippen molar-refractivity contribution in [1.29, 1.82) is 0 Å². The van der Waals surface area contributed by atoms with Gasteiger partial charge in [-0.3, -0.25) is 9.69 Å². The molecule has 0 aliphatic carbocycles. The van der Waals surface area contributed by atoms with Crippen LogP contribution in [0.2, 0.25) is 5.02 Å². The Morgan fingerprint density at radius 3 is 2.74 bits per heavy atom. The standard InChI is InChI=1S/C28H23ClFN5O4/c1-14-20(12-32-26-25(14)35(28(37)38)7-8-39-26)19-9-16-10-22(31-13-21(16)23(29)24(19)30)33-17-4-3-15-5-6-34(2)27(36)18(15)11-17/h3-4,9-13H,5-8H2,1-2H3,(H,31,33)(H,37,38). The Kier molecular flexibility index (Phi) is 5.99. The summed E-state index contributed by atoms with van der Waals surface area (Å²) in [5.74, 6) is -0.0207. The van der Waals surface area contributed by atoms with E-state index in [9.17, 15) is 14.7 Å². The molecular weight excluding hydrogens is 525 g/mol. The van der Waals surface area contributed by atoms with Crippen LogP contribution in [0.15, 0.2) is 42.7 Å². The smallest absolute Gasteiger partial charge is 0.412 e. The lowest BCUT2D eigenvalue weighted by Gasteiger charge is -2.28. The molecule has 2 aliphatic rings. The number of rotatable bonds is 3. The molecule has 2 N–H and O–H groups in total. The average molecular weight is 548 g/mol. The zero-order valence-corrected chi connectivity index (χ0v) is 21.8. The number of hydrogen-bond donors (Lipinski definition) is 2. The molecule has 2 amide bonds. The Bertz CT molecular complexity index is 1700. The first-order valence-corrected chi connectivity index (χ1v) is 12.7. The Labute approximate surface area is 227 Å². The van der Waals surface area contributed by atoms with E-state index in [4.69, 9.17) is 16.3 Å². The number of anilines is 3. The van der Waals surface area contributed by atoms with Gasteiger partial charge in [0.2, 0.25) is 5.88 Å². The lowest BCUT2D eigenvalue weighted by Crippen LogP contribution is -2.37. The molecule has 2 aromatic carbocycles. The summed E-state index contributed by atoms with van der Waals surface area (Å²) in [4.78, 5) is 35.9. The number of carbonyl (C=O) groups is 2. The fraction of sp³-hybridized carbons (Fsp3) is 0.214. The molecular formula is C28H23ClFN5O4. The first-order chi connectivity index (χ1) is 18.7. The maximum absolute atomic E-state index is 15.6. The summed E-state index contributed by atoms with van der Waals surface area (Å²) >= 11 is 6.45. The molecule has 4 aromatic rings. The predicted molar refractivity (Wildman–Crippen MR) is 146 cm³/mol. The topological polar surface area (TPSA) is 108 Å². The van der Waals surface area contributed by atoms with Crippen LogP contribution in [-0.4, -0.2) is 58.7 Å². The van der Waals surface area contributed by atoms with E-state index >= 15 is 4.39 Å². The molecule has 198 valence electrons. The van der Waals surface area contributed by atoms with E-state index in [1.54, 1.807) is 37.1 Å². The van der Waals surface area contributed by atoms with Gasteiger partial charge in [-0.25, -0.2) is 19.2 Å². The van der Waals surface area contributed by atoms with Gasteiger partial charge in [0.25, 0.3) is 5.91 Å². The number of likely N-dealkylation sites (N-methyl/N-ethyl adjacent to an activating group) is 1. The highest BCUT2D eigenvalue weighted by atomic mass is 35.5. The average Bonchev–Trinajstić information content (AvgIpc) is 2.93. The number of benzene rings is 2. The largest absolute Gasteiger partial charge is 0.474 e. The number of aromatic nitrogens is 2. The second-order valence-electron chi connectivity index (χ2n) is 9.55. The van der Waals surface area contributed by atoms with Gasteiger partial charge in [-0.2, -0.15) is 0 Å². The zero-order valence-electron chi connectivity index (χ0n) is 21.1. The van der Waals surface area contributed by atoms with Crippen molar-refractivity contribution in [2.45, 2.75) is 13.3 Å². The number of nitrogens with one attached hydrogen (secondary N) is 1. The Hall–Kier alpha value is -4.44. The van der Waals surface area contributed by atoms with Crippen LogP contribution >= 0.6 is 11.6 Å². The van der Waals surface area contributed by atoms with Gasteiger partial charge in [-0.05, 0) is 54.1 Å². The third-order valence-corrected chi connectivity index (χ3v) is 7.56. The van der Waals surface area contributed by atoms with Gasteiger partial charge in [0.05, 0.1) is 11.6 Å². The molecule has 0 bridgehead atoms. The molecule has 0 saturated heterocycles. The van der Waals surface area contributed by atoms with Gasteiger partial charge in [0, 0.05) is 53.8 Å². The molecule has 0 radical (unpaired) electrons. The first kappa shape index (κ1) is 24.9. The Morgan fingerprint density at radius 1 is 1.13 bits per heavy atom. The van der Waals surface area contributed by atoms with E-state index in [2.05, 4.69) is 15.3 Å². The highest BCUT2D eigenvalue weighted by molar-refractivity contribution is 6.36. The number of amides is 2. The van der Waals surface area contributed by atoms with Crippen LogP contribution in [0.25, 0.3) is 21.9 Å². The lowest BCUT2D eigenvalue weighted by atomic mass is 9.97. The van der Waals surface area contributed by atoms with Crippen molar-refractivity contribution in [3.8, 4) is 17.0 Å². The van der Waals surface area contributed by atoms with Crippen molar-refractivity contribution in [3.05, 3.63) is 70.3 Å². The monoisotopic (exact) mass is 547 g/mol. The van der Waals surface area contributed by atoms with Crippen molar-refractivity contribution in [2.75, 3.05) is 37.0 Å². The van der Waals surface area contributed by atoms with Gasteiger partial charge in [0.1, 0.15) is 23.9 Å². The number of carboxylic acid groups (broad SMARTS) is 1. The molecule has 0 atom stereocenters. The lowest BCUT2D eigenvalue weighted by molar-refractivity contribution is 0.0781. The minimum atomic E-state index is -1.14. The number of nitrogens with zero attached hydrogens (tertiary/aromatic N) is 4. The summed E-state index contributed by atoms with van der Waals surface area (Å²) in [7, 11) is 1.78. The van der Waals surface area contributed by atoms with E-state index in [0.29, 0.717) is 45.5 Å². The Balaban J connectivity index is 1.41. The quantitative estimate of drug-likeness (QED) is 0.341. The molecule has 4 heterocycles. The number of halogens is 2. The third-order valence-electron chi connectivity index (χ3n) is 7.19. The summed E-state index contributed by atoms with van der Waals surface area (Å²) in [5, 5.41) is 13.8. The van der Waals surface area contributed by atoms with Crippen molar-refractivity contribution in [1.82, 2.24) is 14.9 Å². The van der Waals surface area contributed by atoms with Gasteiger partial charge >= 0.3 is 6.09 Å². The number of carbonyl (C=O) groups excluding carboxylic acids is 1. The molecule has 9 nitrogen and oxygen atoms in total. The maximum Gasteiger partial charge on any atom is 0.412 e. The molecule has 2 aromatic heterocycles. The molecule has 6 rings (SSSR count). The molecule has 0 fully saturated rings. The molecule has 0 unspecified atom stereocenters. The molecule has 2 aliphatic heterocycles. The normalized spacial score (nSPS) is 14.6. The summed E-state index contributed by atoms with van der Waals surface area (Å²) in [5.41, 5.74) is 3.71. The number of pyridine rings is 2. The van der Waals surface area contributed by atoms with Crippen LogP contribution in [0.3, 0.4) is 0 Å². The molecule has 11 heteroatoms. The molecule has 39 heavy (non-hydrogen) atoms. The maximum atomic E-state index is 15.6. The number of fused-ring (bicyclic) bond motifs is 3. The van der Waals surface area contributed by atoms with E-state index in [1.165, 1.54) is 12.4 Å². The van der Waals surface area contributed by atoms with Crippen molar-refractivity contribution in [3.63, 3.8) is 0 Å². The van der Waals surface area contributed by atoms with Crippen molar-refractivity contribution in [2.24, 2.45) is 0 Å². The highest BCUT2D eigenvalue weighted by Gasteiger charge is 2.29. The van der Waals surface area contributed by atoms with Crippen LogP contribution in [0.1, 0.15) is 21.5 Å². The summed E-state index contributed by atoms with van der Waals surface area (Å²) in [6, 6.07) is 9.01. The molecule has 0 spiro atoms. The number of ether oxygens (including phenoxy) is 1. The SMILES string of the molecule is Cc1c(-c2cc3cc(Nc4ccc5c(c4)C(=O)N(C)CC5)ncc3c(Cl)c2F)cnc2c1N(C(=O)O)CCO2. The fourth-order valence-electron chi connectivity index (χ4n) is 5.11. The highest BCUT2D eigenvalue weighted by Crippen LogP contribution is 2.42. The van der Waals surface area contributed by atoms with Crippen LogP contribution in [-0.2, 0) is 6.42 Å². The third kappa shape index (κ3) is 4.17. The second kappa shape index (κ2) is 9.39. The van der Waals surface area contributed by atoms with Crippen LogP contribution in [0, 0.1) is 12.7 Å². The van der Waals surface area contributed by atoms with Gasteiger partial charge in [-0.15, -0.1) is 0 Å².